The van der Waals surface area contributed by atoms with Crippen LogP contribution in [0.3, 0.4) is 0 Å². The molecule has 6 heteroatoms. The van der Waals surface area contributed by atoms with E-state index in [0.29, 0.717) is 11.5 Å². The Morgan fingerprint density at radius 3 is 2.70 bits per heavy atom. The number of hydrogen-bond donors (Lipinski definition) is 3. The zero-order chi connectivity index (χ0) is 18.2. The first-order chi connectivity index (χ1) is 13.3. The lowest BCUT2D eigenvalue weighted by Gasteiger charge is -2.17. The van der Waals surface area contributed by atoms with Crippen molar-refractivity contribution in [1.29, 1.82) is 0 Å². The fourth-order valence-electron chi connectivity index (χ4n) is 3.77. The second-order valence-corrected chi connectivity index (χ2v) is 6.84. The van der Waals surface area contributed by atoms with Crippen molar-refractivity contribution in [3.05, 3.63) is 82.9 Å². The number of fused-ring (bicyclic) bond motifs is 2. The van der Waals surface area contributed by atoms with Gasteiger partial charge in [0.2, 0.25) is 0 Å². The van der Waals surface area contributed by atoms with Gasteiger partial charge >= 0.3 is 0 Å². The van der Waals surface area contributed by atoms with Gasteiger partial charge in [0.25, 0.3) is 5.91 Å². The fourth-order valence-corrected chi connectivity index (χ4v) is 3.77. The van der Waals surface area contributed by atoms with Crippen molar-refractivity contribution < 1.29 is 4.79 Å². The fraction of sp³-hybridized carbons (Fsp3) is 0.190. The molecule has 5 rings (SSSR count). The monoisotopic (exact) mass is 357 g/mol. The summed E-state index contributed by atoms with van der Waals surface area (Å²) in [4.78, 5) is 21.0. The number of aryl methyl sites for hydroxylation is 1. The van der Waals surface area contributed by atoms with Crippen molar-refractivity contribution in [3.63, 3.8) is 0 Å². The van der Waals surface area contributed by atoms with Gasteiger partial charge in [-0.2, -0.15) is 5.10 Å². The molecule has 2 aromatic heterocycles. The lowest BCUT2D eigenvalue weighted by molar-refractivity contribution is 0.0935. The summed E-state index contributed by atoms with van der Waals surface area (Å²) in [5.41, 5.74) is 5.42. The maximum absolute atomic E-state index is 13.0. The smallest absolute Gasteiger partial charge is 0.272 e. The van der Waals surface area contributed by atoms with Crippen LogP contribution in [0.5, 0.6) is 0 Å². The van der Waals surface area contributed by atoms with Crippen LogP contribution in [0.4, 0.5) is 0 Å². The minimum absolute atomic E-state index is 0.177. The molecule has 4 aromatic rings. The van der Waals surface area contributed by atoms with E-state index in [1.165, 1.54) is 0 Å². The second-order valence-electron chi connectivity index (χ2n) is 6.84. The molecular formula is C21H19N5O. The molecule has 0 aliphatic heterocycles. The highest BCUT2D eigenvalue weighted by atomic mass is 16.2. The molecule has 3 N–H and O–H groups in total. The van der Waals surface area contributed by atoms with Gasteiger partial charge in [-0.3, -0.25) is 9.89 Å². The van der Waals surface area contributed by atoms with Crippen LogP contribution >= 0.6 is 0 Å². The Labute approximate surface area is 156 Å². The van der Waals surface area contributed by atoms with E-state index in [9.17, 15) is 4.79 Å². The van der Waals surface area contributed by atoms with Gasteiger partial charge in [0.05, 0.1) is 11.0 Å². The lowest BCUT2D eigenvalue weighted by Crippen LogP contribution is -2.31. The maximum Gasteiger partial charge on any atom is 0.272 e. The summed E-state index contributed by atoms with van der Waals surface area (Å²) in [7, 11) is 0. The average Bonchev–Trinajstić information content (AvgIpc) is 3.41. The third-order valence-electron chi connectivity index (χ3n) is 5.11. The highest BCUT2D eigenvalue weighted by molar-refractivity contribution is 5.94. The number of imidazole rings is 1. The summed E-state index contributed by atoms with van der Waals surface area (Å²) >= 11 is 0. The van der Waals surface area contributed by atoms with Crippen molar-refractivity contribution in [1.82, 2.24) is 25.5 Å². The van der Waals surface area contributed by atoms with E-state index in [4.69, 9.17) is 4.98 Å². The summed E-state index contributed by atoms with van der Waals surface area (Å²) in [6.07, 6.45) is 2.92. The van der Waals surface area contributed by atoms with Crippen LogP contribution in [0.15, 0.2) is 54.6 Å². The predicted molar refractivity (Wildman–Crippen MR) is 102 cm³/mol. The Balaban J connectivity index is 1.53. The highest BCUT2D eigenvalue weighted by Gasteiger charge is 2.27. The Morgan fingerprint density at radius 2 is 1.85 bits per heavy atom. The van der Waals surface area contributed by atoms with Gasteiger partial charge in [0, 0.05) is 11.3 Å². The molecule has 0 fully saturated rings. The summed E-state index contributed by atoms with van der Waals surface area (Å²) in [6.45, 7) is 0. The topological polar surface area (TPSA) is 86.5 Å². The van der Waals surface area contributed by atoms with Gasteiger partial charge < -0.3 is 10.3 Å². The van der Waals surface area contributed by atoms with E-state index in [1.54, 1.807) is 0 Å². The zero-order valence-corrected chi connectivity index (χ0v) is 14.7. The Bertz CT molecular complexity index is 1080. The first kappa shape index (κ1) is 15.8. The predicted octanol–water partition coefficient (Wildman–Crippen LogP) is 3.29. The third-order valence-corrected chi connectivity index (χ3v) is 5.11. The second kappa shape index (κ2) is 6.39. The molecule has 1 aliphatic rings. The third kappa shape index (κ3) is 2.79. The number of amides is 1. The van der Waals surface area contributed by atoms with Gasteiger partial charge in [-0.25, -0.2) is 4.98 Å². The summed E-state index contributed by atoms with van der Waals surface area (Å²) in [5.74, 6) is 0.534. The minimum Gasteiger partial charge on any atom is -0.340 e. The van der Waals surface area contributed by atoms with Crippen molar-refractivity contribution in [2.45, 2.75) is 25.3 Å². The molecule has 1 amide bonds. The molecule has 0 bridgehead atoms. The van der Waals surface area contributed by atoms with Crippen molar-refractivity contribution in [3.8, 4) is 0 Å². The molecule has 6 nitrogen and oxygen atoms in total. The van der Waals surface area contributed by atoms with E-state index in [2.05, 4.69) is 20.5 Å². The summed E-state index contributed by atoms with van der Waals surface area (Å²) < 4.78 is 0. The number of hydrogen-bond acceptors (Lipinski definition) is 3. The molecule has 0 radical (unpaired) electrons. The lowest BCUT2D eigenvalue weighted by atomic mass is 10.1. The first-order valence-electron chi connectivity index (χ1n) is 9.16. The number of carbonyl (C=O) groups excluding carboxylic acids is 1. The Kier molecular flexibility index (Phi) is 3.74. The van der Waals surface area contributed by atoms with E-state index < -0.39 is 0 Å². The van der Waals surface area contributed by atoms with Gasteiger partial charge in [0.1, 0.15) is 11.9 Å². The molecule has 1 aliphatic carbocycles. The standard InChI is InChI=1S/C21H19N5O/c27-21(19-14-9-6-12-15(14)25-26-19)24-18(13-7-2-1-3-8-13)20-22-16-10-4-5-11-17(16)23-20/h1-5,7-8,10-11,18H,6,9,12H2,(H,22,23)(H,24,27)(H,25,26)/t18-/m1/s1. The normalized spacial score (nSPS) is 14.2. The summed E-state index contributed by atoms with van der Waals surface area (Å²) in [6, 6.07) is 17.4. The van der Waals surface area contributed by atoms with Gasteiger partial charge in [-0.1, -0.05) is 42.5 Å². The Hall–Kier alpha value is -3.41. The van der Waals surface area contributed by atoms with Gasteiger partial charge in [0.15, 0.2) is 5.69 Å². The first-order valence-corrected chi connectivity index (χ1v) is 9.16. The molecule has 0 spiro atoms. The highest BCUT2D eigenvalue weighted by Crippen LogP contribution is 2.26. The van der Waals surface area contributed by atoms with Gasteiger partial charge in [-0.05, 0) is 37.0 Å². The molecule has 2 aromatic carbocycles. The number of H-pyrrole nitrogens is 2. The molecule has 0 unspecified atom stereocenters. The largest absolute Gasteiger partial charge is 0.340 e. The molecule has 0 saturated heterocycles. The van der Waals surface area contributed by atoms with Gasteiger partial charge in [-0.15, -0.1) is 0 Å². The molecule has 0 saturated carbocycles. The van der Waals surface area contributed by atoms with Crippen LogP contribution < -0.4 is 5.32 Å². The van der Waals surface area contributed by atoms with Crippen molar-refractivity contribution in [2.75, 3.05) is 0 Å². The number of carbonyl (C=O) groups is 1. The number of nitrogens with one attached hydrogen (secondary N) is 3. The van der Waals surface area contributed by atoms with Crippen LogP contribution in [0.25, 0.3) is 11.0 Å². The number of para-hydroxylation sites is 2. The van der Waals surface area contributed by atoms with E-state index in [0.717, 1.165) is 47.1 Å². The molecule has 2 heterocycles. The number of aromatic amines is 2. The van der Waals surface area contributed by atoms with Crippen LogP contribution in [-0.4, -0.2) is 26.1 Å². The van der Waals surface area contributed by atoms with Crippen LogP contribution in [0, 0.1) is 0 Å². The summed E-state index contributed by atoms with van der Waals surface area (Å²) in [5, 5.41) is 10.4. The zero-order valence-electron chi connectivity index (χ0n) is 14.7. The molecule has 1 atom stereocenters. The number of nitrogens with zero attached hydrogens (tertiary/aromatic N) is 2. The van der Waals surface area contributed by atoms with Crippen LogP contribution in [0.2, 0.25) is 0 Å². The van der Waals surface area contributed by atoms with E-state index >= 15 is 0 Å². The Morgan fingerprint density at radius 1 is 1.04 bits per heavy atom. The number of rotatable bonds is 4. The number of aromatic nitrogens is 4. The van der Waals surface area contributed by atoms with Crippen LogP contribution in [-0.2, 0) is 12.8 Å². The molecular weight excluding hydrogens is 338 g/mol. The molecule has 134 valence electrons. The van der Waals surface area contributed by atoms with Crippen molar-refractivity contribution in [2.24, 2.45) is 0 Å². The average molecular weight is 357 g/mol. The SMILES string of the molecule is O=C(N[C@H](c1ccccc1)c1nc2ccccc2[nH]1)c1n[nH]c2c1CCC2. The molecule has 27 heavy (non-hydrogen) atoms. The number of benzene rings is 2. The van der Waals surface area contributed by atoms with E-state index in [1.807, 2.05) is 54.6 Å². The van der Waals surface area contributed by atoms with E-state index in [-0.39, 0.29) is 11.9 Å². The van der Waals surface area contributed by atoms with Crippen LogP contribution in [0.1, 0.15) is 45.6 Å². The minimum atomic E-state index is -0.375. The quantitative estimate of drug-likeness (QED) is 0.524. The van der Waals surface area contributed by atoms with Crippen molar-refractivity contribution >= 4 is 16.9 Å². The maximum atomic E-state index is 13.0.